The topological polar surface area (TPSA) is 42.7 Å². The van der Waals surface area contributed by atoms with Crippen molar-refractivity contribution >= 4 is 11.8 Å². The molecule has 0 unspecified atom stereocenters. The fourth-order valence-electron chi connectivity index (χ4n) is 0.780. The Kier molecular flexibility index (Phi) is 0.926. The molecule has 1 N–H and O–H groups in total. The fourth-order valence-corrected chi connectivity index (χ4v) is 1.53. The highest BCUT2D eigenvalue weighted by Gasteiger charge is 2.13. The van der Waals surface area contributed by atoms with E-state index in [1.54, 1.807) is 11.8 Å². The molecule has 5 heteroatoms. The Labute approximate surface area is 56.6 Å². The molecule has 0 radical (unpaired) electrons. The van der Waals surface area contributed by atoms with E-state index in [9.17, 15) is 0 Å². The lowest BCUT2D eigenvalue weighted by molar-refractivity contribution is 0.801. The summed E-state index contributed by atoms with van der Waals surface area (Å²) in [6.07, 6.45) is 0. The van der Waals surface area contributed by atoms with E-state index >= 15 is 0 Å². The van der Waals surface area contributed by atoms with Crippen LogP contribution in [0.2, 0.25) is 0 Å². The Morgan fingerprint density at radius 3 is 3.33 bits per heavy atom. The van der Waals surface area contributed by atoms with Gasteiger partial charge in [0.1, 0.15) is 5.82 Å². The number of aryl methyl sites for hydroxylation is 1. The van der Waals surface area contributed by atoms with Gasteiger partial charge in [0.15, 0.2) is 0 Å². The van der Waals surface area contributed by atoms with Crippen molar-refractivity contribution in [2.75, 3.05) is 11.3 Å². The molecule has 1 aliphatic heterocycles. The van der Waals surface area contributed by atoms with Gasteiger partial charge in [-0.15, -0.1) is 10.2 Å². The number of thioether (sulfide) groups is 1. The molecule has 1 aromatic heterocycles. The number of fused-ring (bicyclic) bond motifs is 1. The van der Waals surface area contributed by atoms with Gasteiger partial charge >= 0.3 is 0 Å². The van der Waals surface area contributed by atoms with Crippen LogP contribution < -0.4 is 5.43 Å². The predicted molar refractivity (Wildman–Crippen MR) is 34.8 cm³/mol. The summed E-state index contributed by atoms with van der Waals surface area (Å²) in [5, 5.41) is 8.74. The van der Waals surface area contributed by atoms with Gasteiger partial charge in [-0.1, -0.05) is 11.8 Å². The second kappa shape index (κ2) is 1.63. The van der Waals surface area contributed by atoms with E-state index in [2.05, 4.69) is 15.6 Å². The van der Waals surface area contributed by atoms with Crippen LogP contribution in [0.1, 0.15) is 5.82 Å². The van der Waals surface area contributed by atoms with E-state index in [0.29, 0.717) is 0 Å². The first kappa shape index (κ1) is 5.10. The second-order valence-electron chi connectivity index (χ2n) is 1.81. The zero-order chi connectivity index (χ0) is 6.27. The van der Waals surface area contributed by atoms with Crippen molar-refractivity contribution in [3.8, 4) is 0 Å². The van der Waals surface area contributed by atoms with E-state index in [1.165, 1.54) is 0 Å². The van der Waals surface area contributed by atoms with E-state index in [1.807, 2.05) is 11.6 Å². The average molecular weight is 142 g/mol. The molecule has 0 atom stereocenters. The van der Waals surface area contributed by atoms with Crippen molar-refractivity contribution in [2.45, 2.75) is 12.1 Å². The summed E-state index contributed by atoms with van der Waals surface area (Å²) in [4.78, 5) is 0. The van der Waals surface area contributed by atoms with Gasteiger partial charge in [-0.25, -0.2) is 4.68 Å². The molecular formula is C4H6N4S. The van der Waals surface area contributed by atoms with Crippen LogP contribution in [-0.2, 0) is 0 Å². The fraction of sp³-hybridized carbons (Fsp3) is 0.500. The molecular weight excluding hydrogens is 136 g/mol. The Bertz CT molecular complexity index is 230. The number of hydrogen-bond donors (Lipinski definition) is 1. The van der Waals surface area contributed by atoms with Crippen LogP contribution in [0, 0.1) is 6.92 Å². The minimum Gasteiger partial charge on any atom is -0.312 e. The molecule has 1 aromatic rings. The lowest BCUT2D eigenvalue weighted by Crippen LogP contribution is -2.08. The lowest BCUT2D eigenvalue weighted by Gasteiger charge is -1.95. The van der Waals surface area contributed by atoms with Crippen LogP contribution >= 0.6 is 11.8 Å². The zero-order valence-electron chi connectivity index (χ0n) is 4.96. The third-order valence-corrected chi connectivity index (χ3v) is 2.01. The Balaban J connectivity index is 2.56. The number of aromatic nitrogens is 3. The van der Waals surface area contributed by atoms with Crippen molar-refractivity contribution < 1.29 is 0 Å². The summed E-state index contributed by atoms with van der Waals surface area (Å²) in [7, 11) is 0. The van der Waals surface area contributed by atoms with Crippen molar-refractivity contribution in [1.29, 1.82) is 0 Å². The van der Waals surface area contributed by atoms with E-state index < -0.39 is 0 Å². The van der Waals surface area contributed by atoms with E-state index in [-0.39, 0.29) is 0 Å². The minimum absolute atomic E-state index is 0.908. The standard InChI is InChI=1S/C4H6N4S/c1-3-6-7-4-8(3)5-2-9-4/h5H,2H2,1H3. The molecule has 48 valence electrons. The van der Waals surface area contributed by atoms with Crippen LogP contribution in [-0.4, -0.2) is 20.8 Å². The summed E-state index contributed by atoms with van der Waals surface area (Å²) in [5.41, 5.74) is 3.10. The molecule has 0 saturated carbocycles. The first-order chi connectivity index (χ1) is 4.38. The van der Waals surface area contributed by atoms with Gasteiger partial charge < -0.3 is 5.43 Å². The predicted octanol–water partition coefficient (Wildman–Crippen LogP) is 0.193. The van der Waals surface area contributed by atoms with Crippen molar-refractivity contribution in [3.05, 3.63) is 5.82 Å². The van der Waals surface area contributed by atoms with Gasteiger partial charge in [0.2, 0.25) is 5.16 Å². The third kappa shape index (κ3) is 0.610. The molecule has 0 saturated heterocycles. The average Bonchev–Trinajstić information content (AvgIpc) is 2.35. The highest BCUT2D eigenvalue weighted by molar-refractivity contribution is 7.99. The maximum Gasteiger partial charge on any atom is 0.211 e. The largest absolute Gasteiger partial charge is 0.312 e. The van der Waals surface area contributed by atoms with Gasteiger partial charge in [-0.2, -0.15) is 0 Å². The number of nitrogens with zero attached hydrogens (tertiary/aromatic N) is 3. The first-order valence-electron chi connectivity index (χ1n) is 2.66. The number of hydrogen-bond acceptors (Lipinski definition) is 4. The SMILES string of the molecule is Cc1nnc2n1NCS2. The Morgan fingerprint density at radius 1 is 1.67 bits per heavy atom. The van der Waals surface area contributed by atoms with Crippen LogP contribution in [0.4, 0.5) is 0 Å². The maximum absolute atomic E-state index is 3.91. The molecule has 0 spiro atoms. The molecule has 2 rings (SSSR count). The quantitative estimate of drug-likeness (QED) is 0.561. The summed E-state index contributed by atoms with van der Waals surface area (Å²) in [6, 6.07) is 0. The minimum atomic E-state index is 0.908. The number of nitrogens with one attached hydrogen (secondary N) is 1. The first-order valence-corrected chi connectivity index (χ1v) is 3.65. The summed E-state index contributed by atoms with van der Waals surface area (Å²) < 4.78 is 1.89. The molecule has 4 nitrogen and oxygen atoms in total. The van der Waals surface area contributed by atoms with E-state index in [4.69, 9.17) is 0 Å². The highest BCUT2D eigenvalue weighted by Crippen LogP contribution is 2.19. The molecule has 1 aliphatic rings. The molecule has 0 bridgehead atoms. The lowest BCUT2D eigenvalue weighted by atomic mass is 10.7. The third-order valence-electron chi connectivity index (χ3n) is 1.22. The van der Waals surface area contributed by atoms with Crippen LogP contribution in [0.3, 0.4) is 0 Å². The van der Waals surface area contributed by atoms with Crippen LogP contribution in [0.5, 0.6) is 0 Å². The van der Waals surface area contributed by atoms with Crippen molar-refractivity contribution in [1.82, 2.24) is 14.9 Å². The van der Waals surface area contributed by atoms with Gasteiger partial charge in [0.05, 0.1) is 5.88 Å². The van der Waals surface area contributed by atoms with E-state index in [0.717, 1.165) is 16.9 Å². The summed E-state index contributed by atoms with van der Waals surface area (Å²) in [5.74, 6) is 1.83. The monoisotopic (exact) mass is 142 g/mol. The van der Waals surface area contributed by atoms with Crippen LogP contribution in [0.25, 0.3) is 0 Å². The smallest absolute Gasteiger partial charge is 0.211 e. The Morgan fingerprint density at radius 2 is 2.56 bits per heavy atom. The van der Waals surface area contributed by atoms with Gasteiger partial charge in [0.25, 0.3) is 0 Å². The summed E-state index contributed by atoms with van der Waals surface area (Å²) >= 11 is 1.67. The van der Waals surface area contributed by atoms with Gasteiger partial charge in [-0.05, 0) is 6.92 Å². The zero-order valence-corrected chi connectivity index (χ0v) is 5.77. The molecule has 9 heavy (non-hydrogen) atoms. The van der Waals surface area contributed by atoms with Crippen molar-refractivity contribution in [2.24, 2.45) is 0 Å². The van der Waals surface area contributed by atoms with Crippen LogP contribution in [0.15, 0.2) is 5.16 Å². The summed E-state index contributed by atoms with van der Waals surface area (Å²) in [6.45, 7) is 1.93. The highest BCUT2D eigenvalue weighted by atomic mass is 32.2. The normalized spacial score (nSPS) is 15.2. The Hall–Kier alpha value is -0.710. The number of rotatable bonds is 0. The molecule has 0 amide bonds. The molecule has 0 fully saturated rings. The van der Waals surface area contributed by atoms with Gasteiger partial charge in [0, 0.05) is 0 Å². The molecule has 0 aliphatic carbocycles. The maximum atomic E-state index is 3.91. The van der Waals surface area contributed by atoms with Crippen molar-refractivity contribution in [3.63, 3.8) is 0 Å². The van der Waals surface area contributed by atoms with Gasteiger partial charge in [-0.3, -0.25) is 0 Å². The second-order valence-corrected chi connectivity index (χ2v) is 2.75. The molecule has 0 aromatic carbocycles. The molecule has 2 heterocycles.